The molecule has 2 heterocycles. The Balaban J connectivity index is 1.82. The number of benzene rings is 2. The lowest BCUT2D eigenvalue weighted by atomic mass is 9.67. The molecule has 0 saturated heterocycles. The summed E-state index contributed by atoms with van der Waals surface area (Å²) in [6, 6.07) is 7.79. The first-order valence-corrected chi connectivity index (χ1v) is 11.7. The van der Waals surface area contributed by atoms with E-state index in [2.05, 4.69) is 56.4 Å². The Bertz CT molecular complexity index is 1160. The number of anilines is 1. The monoisotopic (exact) mass is 447 g/mol. The van der Waals surface area contributed by atoms with Crippen LogP contribution in [0.2, 0.25) is 0 Å². The molecule has 5 nitrogen and oxygen atoms in total. The normalized spacial score (nSPS) is 24.5. The van der Waals surface area contributed by atoms with Gasteiger partial charge in [-0.05, 0) is 69.4 Å². The number of methoxy groups -OCH3 is 2. The first-order valence-electron chi connectivity index (χ1n) is 11.7. The van der Waals surface area contributed by atoms with Gasteiger partial charge in [-0.15, -0.1) is 0 Å². The van der Waals surface area contributed by atoms with Gasteiger partial charge in [-0.3, -0.25) is 0 Å². The smallest absolute Gasteiger partial charge is 0.172 e. The van der Waals surface area contributed by atoms with Crippen molar-refractivity contribution >= 4 is 11.3 Å². The lowest BCUT2D eigenvalue weighted by Gasteiger charge is -2.46. The maximum atomic E-state index is 10.6. The van der Waals surface area contributed by atoms with Crippen LogP contribution in [0.25, 0.3) is 16.7 Å². The van der Waals surface area contributed by atoms with Crippen LogP contribution < -0.4 is 14.8 Å². The Morgan fingerprint density at radius 2 is 1.94 bits per heavy atom. The van der Waals surface area contributed by atoms with E-state index in [0.29, 0.717) is 12.4 Å². The number of hydrogen-bond acceptors (Lipinski definition) is 5. The standard InChI is InChI=1S/C28H33NO4/c1-17-15-27(2,3)29-19-10-9-18-23-21(12-11-20(30)25(23)32-5)33-26(24(18)22(17)19)28(16-31-4)13-7-6-8-14-28/h6-7,9-12,15,26,29-30H,8,13-14,16H2,1-5H3/t26-,28?/m0/s1. The maximum Gasteiger partial charge on any atom is 0.172 e. The highest BCUT2D eigenvalue weighted by atomic mass is 16.5. The van der Waals surface area contributed by atoms with Crippen LogP contribution in [-0.2, 0) is 4.74 Å². The molecule has 0 bridgehead atoms. The number of allylic oxidation sites excluding steroid dienone is 3. The zero-order valence-corrected chi connectivity index (χ0v) is 20.1. The highest BCUT2D eigenvalue weighted by Crippen LogP contribution is 2.59. The van der Waals surface area contributed by atoms with E-state index in [1.165, 1.54) is 11.1 Å². The molecule has 2 N–H and O–H groups in total. The van der Waals surface area contributed by atoms with E-state index in [0.717, 1.165) is 47.4 Å². The van der Waals surface area contributed by atoms with Crippen molar-refractivity contribution in [3.63, 3.8) is 0 Å². The van der Waals surface area contributed by atoms with Crippen LogP contribution in [0.1, 0.15) is 57.3 Å². The number of phenols is 1. The van der Waals surface area contributed by atoms with Crippen LogP contribution in [0, 0.1) is 5.41 Å². The molecule has 1 aliphatic carbocycles. The van der Waals surface area contributed by atoms with Gasteiger partial charge < -0.3 is 24.6 Å². The Hall–Kier alpha value is -2.92. The molecule has 2 atom stereocenters. The van der Waals surface area contributed by atoms with E-state index in [1.54, 1.807) is 20.3 Å². The minimum absolute atomic E-state index is 0.112. The van der Waals surface area contributed by atoms with Gasteiger partial charge in [-0.1, -0.05) is 24.3 Å². The van der Waals surface area contributed by atoms with E-state index in [-0.39, 0.29) is 22.8 Å². The Labute approximate surface area is 196 Å². The Kier molecular flexibility index (Phi) is 5.20. The van der Waals surface area contributed by atoms with Crippen LogP contribution >= 0.6 is 0 Å². The number of aromatic hydroxyl groups is 1. The third kappa shape index (κ3) is 3.41. The quantitative estimate of drug-likeness (QED) is 0.525. The predicted octanol–water partition coefficient (Wildman–Crippen LogP) is 6.48. The second-order valence-corrected chi connectivity index (χ2v) is 10.1. The summed E-state index contributed by atoms with van der Waals surface area (Å²) < 4.78 is 18.3. The summed E-state index contributed by atoms with van der Waals surface area (Å²) in [5.74, 6) is 1.29. The third-order valence-electron chi connectivity index (χ3n) is 7.24. The lowest BCUT2D eigenvalue weighted by Crippen LogP contribution is -2.40. The number of rotatable bonds is 4. The van der Waals surface area contributed by atoms with Crippen LogP contribution in [0.3, 0.4) is 0 Å². The van der Waals surface area contributed by atoms with Crippen molar-refractivity contribution in [2.75, 3.05) is 26.1 Å². The summed E-state index contributed by atoms with van der Waals surface area (Å²) in [7, 11) is 3.36. The molecule has 33 heavy (non-hydrogen) atoms. The van der Waals surface area contributed by atoms with E-state index >= 15 is 0 Å². The van der Waals surface area contributed by atoms with E-state index in [1.807, 2.05) is 6.07 Å². The van der Waals surface area contributed by atoms with Crippen molar-refractivity contribution in [1.29, 1.82) is 0 Å². The third-order valence-corrected chi connectivity index (χ3v) is 7.24. The van der Waals surface area contributed by atoms with Crippen molar-refractivity contribution in [3.05, 3.63) is 53.6 Å². The molecule has 0 fully saturated rings. The number of phenolic OH excluding ortho intramolecular Hbond substituents is 1. The maximum absolute atomic E-state index is 10.6. The van der Waals surface area contributed by atoms with Crippen molar-refractivity contribution in [1.82, 2.24) is 0 Å². The topological polar surface area (TPSA) is 60.0 Å². The largest absolute Gasteiger partial charge is 0.504 e. The number of ether oxygens (including phenoxy) is 3. The molecule has 5 heteroatoms. The van der Waals surface area contributed by atoms with Crippen molar-refractivity contribution < 1.29 is 19.3 Å². The molecule has 2 aromatic rings. The Morgan fingerprint density at radius 1 is 1.12 bits per heavy atom. The summed E-state index contributed by atoms with van der Waals surface area (Å²) in [6.45, 7) is 7.15. The molecule has 0 spiro atoms. The molecule has 0 aromatic heterocycles. The molecule has 0 amide bonds. The van der Waals surface area contributed by atoms with Crippen molar-refractivity contribution in [2.24, 2.45) is 5.41 Å². The fraction of sp³-hybridized carbons (Fsp3) is 0.429. The van der Waals surface area contributed by atoms with E-state index in [9.17, 15) is 5.11 Å². The van der Waals surface area contributed by atoms with Crippen LogP contribution in [0.5, 0.6) is 17.2 Å². The first-order chi connectivity index (χ1) is 15.8. The van der Waals surface area contributed by atoms with Gasteiger partial charge in [0.2, 0.25) is 0 Å². The molecule has 0 radical (unpaired) electrons. The van der Waals surface area contributed by atoms with Crippen LogP contribution in [0.15, 0.2) is 42.5 Å². The minimum Gasteiger partial charge on any atom is -0.504 e. The summed E-state index contributed by atoms with van der Waals surface area (Å²) in [4.78, 5) is 0. The molecule has 1 unspecified atom stereocenters. The van der Waals surface area contributed by atoms with E-state index < -0.39 is 0 Å². The first kappa shape index (κ1) is 21.9. The highest BCUT2D eigenvalue weighted by Gasteiger charge is 2.47. The summed E-state index contributed by atoms with van der Waals surface area (Å²) in [6.07, 6.45) is 9.48. The highest BCUT2D eigenvalue weighted by molar-refractivity contribution is 5.92. The number of hydrogen-bond donors (Lipinski definition) is 2. The number of nitrogens with one attached hydrogen (secondary N) is 1. The average Bonchev–Trinajstić information content (AvgIpc) is 2.78. The molecule has 174 valence electrons. The lowest BCUT2D eigenvalue weighted by molar-refractivity contribution is -0.0274. The van der Waals surface area contributed by atoms with Gasteiger partial charge in [0, 0.05) is 29.3 Å². The van der Waals surface area contributed by atoms with Gasteiger partial charge in [-0.25, -0.2) is 0 Å². The van der Waals surface area contributed by atoms with Crippen LogP contribution in [0.4, 0.5) is 5.69 Å². The van der Waals surface area contributed by atoms with Gasteiger partial charge in [0.25, 0.3) is 0 Å². The molecular weight excluding hydrogens is 414 g/mol. The Morgan fingerprint density at radius 3 is 2.64 bits per heavy atom. The van der Waals surface area contributed by atoms with Gasteiger partial charge in [-0.2, -0.15) is 0 Å². The van der Waals surface area contributed by atoms with Gasteiger partial charge in [0.05, 0.1) is 24.8 Å². The molecule has 5 rings (SSSR count). The fourth-order valence-electron chi connectivity index (χ4n) is 6.01. The van der Waals surface area contributed by atoms with Gasteiger partial charge in [0.15, 0.2) is 11.5 Å². The summed E-state index contributed by atoms with van der Waals surface area (Å²) in [5.41, 5.74) is 6.18. The summed E-state index contributed by atoms with van der Waals surface area (Å²) in [5, 5.41) is 14.3. The minimum atomic E-state index is -0.194. The average molecular weight is 448 g/mol. The predicted molar refractivity (Wildman–Crippen MR) is 132 cm³/mol. The molecular formula is C28H33NO4. The van der Waals surface area contributed by atoms with Crippen molar-refractivity contribution in [2.45, 2.75) is 51.7 Å². The molecule has 0 saturated carbocycles. The molecule has 2 aliphatic heterocycles. The molecule has 3 aliphatic rings. The zero-order chi connectivity index (χ0) is 23.4. The number of fused-ring (bicyclic) bond motifs is 5. The second-order valence-electron chi connectivity index (χ2n) is 10.1. The SMILES string of the molecule is COCC1([C@H]2Oc3ccc(O)c(OC)c3-c3ccc4c(c32)C(C)=CC(C)(C)N4)CC=CCC1. The summed E-state index contributed by atoms with van der Waals surface area (Å²) >= 11 is 0. The van der Waals surface area contributed by atoms with Gasteiger partial charge >= 0.3 is 0 Å². The zero-order valence-electron chi connectivity index (χ0n) is 20.1. The van der Waals surface area contributed by atoms with Crippen LogP contribution in [-0.4, -0.2) is 31.5 Å². The second kappa shape index (κ2) is 7.84. The van der Waals surface area contributed by atoms with Gasteiger partial charge in [0.1, 0.15) is 11.9 Å². The van der Waals surface area contributed by atoms with Crippen molar-refractivity contribution in [3.8, 4) is 28.4 Å². The molecule has 2 aromatic carbocycles. The van der Waals surface area contributed by atoms with E-state index in [4.69, 9.17) is 14.2 Å². The fourth-order valence-corrected chi connectivity index (χ4v) is 6.01.